The van der Waals surface area contributed by atoms with Crippen LogP contribution in [0, 0.1) is 0 Å². The van der Waals surface area contributed by atoms with E-state index in [1.807, 2.05) is 0 Å². The molecule has 0 aliphatic heterocycles. The number of hydrogen-bond acceptors (Lipinski definition) is 3. The lowest BCUT2D eigenvalue weighted by atomic mass is 10.0. The highest BCUT2D eigenvalue weighted by Crippen LogP contribution is 2.37. The first-order valence-electron chi connectivity index (χ1n) is 10.3. The van der Waals surface area contributed by atoms with Crippen molar-refractivity contribution in [2.75, 3.05) is 0 Å². The molecule has 0 heterocycles. The van der Waals surface area contributed by atoms with Crippen molar-refractivity contribution in [2.45, 2.75) is 30.0 Å². The maximum absolute atomic E-state index is 13.8. The molecule has 1 unspecified atom stereocenters. The Morgan fingerprint density at radius 1 is 0.941 bits per heavy atom. The van der Waals surface area contributed by atoms with Crippen molar-refractivity contribution >= 4 is 22.1 Å². The fraction of sp³-hybridized carbons (Fsp3) is 0.160. The highest BCUT2D eigenvalue weighted by molar-refractivity contribution is 7.89. The number of carboxylic acid groups (broad SMARTS) is 1. The van der Waals surface area contributed by atoms with Crippen molar-refractivity contribution in [3.8, 4) is 11.1 Å². The monoisotopic (exact) mass is 487 g/mol. The first kappa shape index (κ1) is 23.7. The number of alkyl halides is 3. The van der Waals surface area contributed by atoms with Crippen LogP contribution in [0.1, 0.15) is 22.3 Å². The Morgan fingerprint density at radius 2 is 1.65 bits per heavy atom. The molecule has 1 atom stereocenters. The molecule has 5 nitrogen and oxygen atoms in total. The molecule has 0 bridgehead atoms. The highest BCUT2D eigenvalue weighted by Gasteiger charge is 2.38. The number of rotatable bonds is 6. The highest BCUT2D eigenvalue weighted by atomic mass is 32.2. The molecule has 4 rings (SSSR count). The second kappa shape index (κ2) is 9.08. The van der Waals surface area contributed by atoms with Crippen LogP contribution in [0.5, 0.6) is 0 Å². The van der Waals surface area contributed by atoms with E-state index in [4.69, 9.17) is 5.11 Å². The van der Waals surface area contributed by atoms with Gasteiger partial charge in [0, 0.05) is 12.1 Å². The third-order valence-electron chi connectivity index (χ3n) is 5.58. The van der Waals surface area contributed by atoms with Gasteiger partial charge in [-0.05, 0) is 58.9 Å². The Hall–Kier alpha value is -3.43. The Balaban J connectivity index is 1.60. The van der Waals surface area contributed by atoms with Crippen LogP contribution in [0.2, 0.25) is 0 Å². The molecule has 1 aliphatic carbocycles. The smallest absolute Gasteiger partial charge is 0.417 e. The first-order chi connectivity index (χ1) is 16.0. The van der Waals surface area contributed by atoms with Gasteiger partial charge in [-0.25, -0.2) is 17.9 Å². The molecule has 0 saturated carbocycles. The van der Waals surface area contributed by atoms with Crippen LogP contribution in [0.4, 0.5) is 13.2 Å². The number of carbonyl (C=O) groups is 1. The van der Waals surface area contributed by atoms with Crippen molar-refractivity contribution in [1.29, 1.82) is 0 Å². The van der Waals surface area contributed by atoms with Gasteiger partial charge < -0.3 is 5.11 Å². The van der Waals surface area contributed by atoms with E-state index in [2.05, 4.69) is 4.72 Å². The average molecular weight is 487 g/mol. The molecule has 1 aliphatic rings. The average Bonchev–Trinajstić information content (AvgIpc) is 3.18. The van der Waals surface area contributed by atoms with Crippen LogP contribution in [0.25, 0.3) is 17.2 Å². The summed E-state index contributed by atoms with van der Waals surface area (Å²) in [6.45, 7) is 0. The molecule has 0 aromatic heterocycles. The van der Waals surface area contributed by atoms with Crippen LogP contribution in [0.15, 0.2) is 77.7 Å². The summed E-state index contributed by atoms with van der Waals surface area (Å²) >= 11 is 0. The Morgan fingerprint density at radius 3 is 2.32 bits per heavy atom. The second-order valence-corrected chi connectivity index (χ2v) is 9.68. The normalized spacial score (nSPS) is 16.0. The maximum atomic E-state index is 13.8. The van der Waals surface area contributed by atoms with Crippen molar-refractivity contribution in [2.24, 2.45) is 0 Å². The van der Waals surface area contributed by atoms with E-state index in [1.165, 1.54) is 12.1 Å². The lowest BCUT2D eigenvalue weighted by Gasteiger charge is -2.18. The van der Waals surface area contributed by atoms with Crippen molar-refractivity contribution < 1.29 is 31.5 Å². The predicted octanol–water partition coefficient (Wildman–Crippen LogP) is 4.92. The van der Waals surface area contributed by atoms with Gasteiger partial charge in [0.1, 0.15) is 0 Å². The number of halogens is 3. The predicted molar refractivity (Wildman–Crippen MR) is 122 cm³/mol. The fourth-order valence-corrected chi connectivity index (χ4v) is 5.52. The van der Waals surface area contributed by atoms with Crippen LogP contribution >= 0.6 is 0 Å². The van der Waals surface area contributed by atoms with E-state index in [0.717, 1.165) is 29.3 Å². The zero-order valence-corrected chi connectivity index (χ0v) is 18.5. The zero-order chi connectivity index (χ0) is 24.5. The topological polar surface area (TPSA) is 83.5 Å². The van der Waals surface area contributed by atoms with E-state index in [0.29, 0.717) is 17.5 Å². The largest absolute Gasteiger partial charge is 0.478 e. The molecule has 3 aromatic carbocycles. The van der Waals surface area contributed by atoms with Crippen LogP contribution < -0.4 is 4.72 Å². The number of nitrogens with one attached hydrogen (secondary N) is 1. The van der Waals surface area contributed by atoms with E-state index in [1.54, 1.807) is 48.5 Å². The number of aliphatic carboxylic acids is 1. The SMILES string of the molecule is O=C(O)/C=C/c1ccc2c(c1)CC(NS(=O)(=O)c1ccc(-c3ccccc3)cc1C(F)(F)F)C2. The molecular formula is C25H20F3NO4S. The molecule has 0 amide bonds. The molecular weight excluding hydrogens is 467 g/mol. The van der Waals surface area contributed by atoms with Gasteiger partial charge in [-0.3, -0.25) is 0 Å². The quantitative estimate of drug-likeness (QED) is 0.484. The van der Waals surface area contributed by atoms with Gasteiger partial charge >= 0.3 is 12.1 Å². The minimum absolute atomic E-state index is 0.266. The minimum Gasteiger partial charge on any atom is -0.478 e. The lowest BCUT2D eigenvalue weighted by Crippen LogP contribution is -2.36. The number of benzene rings is 3. The van der Waals surface area contributed by atoms with Gasteiger partial charge in [-0.2, -0.15) is 13.2 Å². The third kappa shape index (κ3) is 5.21. The first-order valence-corrected chi connectivity index (χ1v) is 11.8. The summed E-state index contributed by atoms with van der Waals surface area (Å²) in [4.78, 5) is 9.89. The second-order valence-electron chi connectivity index (χ2n) is 8.00. The molecule has 0 fully saturated rings. The lowest BCUT2D eigenvalue weighted by molar-refractivity contribution is -0.139. The number of sulfonamides is 1. The maximum Gasteiger partial charge on any atom is 0.417 e. The summed E-state index contributed by atoms with van der Waals surface area (Å²) in [7, 11) is -4.47. The Bertz CT molecular complexity index is 1370. The molecule has 2 N–H and O–H groups in total. The van der Waals surface area contributed by atoms with E-state index >= 15 is 0 Å². The minimum atomic E-state index is -4.86. The standard InChI is InChI=1S/C25H20F3NO4S/c26-25(27,28)22-15-19(17-4-2-1-3-5-17)9-10-23(22)34(32,33)29-21-13-18-8-6-16(7-11-24(30)31)12-20(18)14-21/h1-12,15,21,29H,13-14H2,(H,30,31)/b11-7+. The summed E-state index contributed by atoms with van der Waals surface area (Å²) in [5.74, 6) is -1.09. The molecule has 0 saturated heterocycles. The molecule has 3 aromatic rings. The molecule has 34 heavy (non-hydrogen) atoms. The van der Waals surface area contributed by atoms with E-state index in [-0.39, 0.29) is 12.0 Å². The summed E-state index contributed by atoms with van der Waals surface area (Å²) < 4.78 is 70.0. The molecule has 9 heteroatoms. The molecule has 0 radical (unpaired) electrons. The third-order valence-corrected chi connectivity index (χ3v) is 7.16. The van der Waals surface area contributed by atoms with Gasteiger partial charge in [0.2, 0.25) is 10.0 Å². The Kier molecular flexibility index (Phi) is 6.33. The summed E-state index contributed by atoms with van der Waals surface area (Å²) in [6, 6.07) is 16.2. The fourth-order valence-electron chi connectivity index (χ4n) is 4.07. The molecule has 0 spiro atoms. The van der Waals surface area contributed by atoms with Crippen LogP contribution in [-0.2, 0) is 33.8 Å². The number of hydrogen-bond donors (Lipinski definition) is 2. The number of fused-ring (bicyclic) bond motifs is 1. The van der Waals surface area contributed by atoms with E-state index < -0.39 is 38.7 Å². The van der Waals surface area contributed by atoms with Crippen molar-refractivity contribution in [3.63, 3.8) is 0 Å². The van der Waals surface area contributed by atoms with Gasteiger partial charge in [-0.1, -0.05) is 54.6 Å². The van der Waals surface area contributed by atoms with Crippen LogP contribution in [-0.4, -0.2) is 25.5 Å². The summed E-state index contributed by atoms with van der Waals surface area (Å²) in [6.07, 6.45) is -1.84. The summed E-state index contributed by atoms with van der Waals surface area (Å²) in [5.41, 5.74) is 1.90. The van der Waals surface area contributed by atoms with Crippen LogP contribution in [0.3, 0.4) is 0 Å². The van der Waals surface area contributed by atoms with E-state index in [9.17, 15) is 26.4 Å². The van der Waals surface area contributed by atoms with Crippen molar-refractivity contribution in [3.05, 3.63) is 95.1 Å². The van der Waals surface area contributed by atoms with Gasteiger partial charge in [0.05, 0.1) is 10.5 Å². The molecule has 176 valence electrons. The van der Waals surface area contributed by atoms with Gasteiger partial charge in [0.25, 0.3) is 0 Å². The number of carboxylic acids is 1. The zero-order valence-electron chi connectivity index (χ0n) is 17.7. The van der Waals surface area contributed by atoms with Gasteiger partial charge in [-0.15, -0.1) is 0 Å². The van der Waals surface area contributed by atoms with Crippen molar-refractivity contribution in [1.82, 2.24) is 4.72 Å². The summed E-state index contributed by atoms with van der Waals surface area (Å²) in [5, 5.41) is 8.76. The Labute approximate surface area is 194 Å². The van der Waals surface area contributed by atoms with Gasteiger partial charge in [0.15, 0.2) is 0 Å².